The molecule has 0 spiro atoms. The number of hydrogen-bond donors (Lipinski definition) is 0. The van der Waals surface area contributed by atoms with Gasteiger partial charge in [0, 0.05) is 47.2 Å². The molecule has 0 bridgehead atoms. The maximum Gasteiger partial charge on any atom is 0.162 e. The molecular formula is C24H18N4O3. The molecule has 0 atom stereocenters. The Morgan fingerprint density at radius 2 is 1.58 bits per heavy atom. The Balaban J connectivity index is 1.69. The summed E-state index contributed by atoms with van der Waals surface area (Å²) < 4.78 is 17.3. The van der Waals surface area contributed by atoms with Gasteiger partial charge in [0.05, 0.1) is 19.7 Å². The van der Waals surface area contributed by atoms with Crippen LogP contribution in [0.2, 0.25) is 0 Å². The molecule has 0 unspecified atom stereocenters. The fourth-order valence-electron chi connectivity index (χ4n) is 3.43. The van der Waals surface area contributed by atoms with Gasteiger partial charge in [-0.05, 0) is 42.5 Å². The van der Waals surface area contributed by atoms with E-state index < -0.39 is 0 Å². The quantitative estimate of drug-likeness (QED) is 0.401. The average molecular weight is 410 g/mol. The monoisotopic (exact) mass is 410 g/mol. The Morgan fingerprint density at radius 1 is 0.742 bits per heavy atom. The van der Waals surface area contributed by atoms with Crippen molar-refractivity contribution in [2.24, 2.45) is 0 Å². The third-order valence-electron chi connectivity index (χ3n) is 4.92. The summed E-state index contributed by atoms with van der Waals surface area (Å²) in [4.78, 5) is 17.8. The molecule has 7 nitrogen and oxygen atoms in total. The predicted octanol–water partition coefficient (Wildman–Crippen LogP) is 5.05. The molecule has 31 heavy (non-hydrogen) atoms. The number of nitrogens with zero attached hydrogens (tertiary/aromatic N) is 4. The SMILES string of the molecule is COc1cc2nccc(Oc3cc4cccnc4nc3-c3cccnc3)c2cc1OC. The molecule has 7 heteroatoms. The minimum atomic E-state index is 0.593. The lowest BCUT2D eigenvalue weighted by atomic mass is 10.1. The van der Waals surface area contributed by atoms with Crippen molar-refractivity contribution in [1.29, 1.82) is 0 Å². The number of hydrogen-bond acceptors (Lipinski definition) is 7. The summed E-state index contributed by atoms with van der Waals surface area (Å²) in [6, 6.07) is 15.1. The smallest absolute Gasteiger partial charge is 0.162 e. The number of pyridine rings is 4. The number of methoxy groups -OCH3 is 2. The summed E-state index contributed by atoms with van der Waals surface area (Å²) >= 11 is 0. The fourth-order valence-corrected chi connectivity index (χ4v) is 3.43. The molecule has 4 aromatic heterocycles. The molecule has 4 heterocycles. The molecule has 0 fully saturated rings. The van der Waals surface area contributed by atoms with E-state index in [0.717, 1.165) is 21.9 Å². The molecule has 0 saturated carbocycles. The Hall–Kier alpha value is -4.26. The lowest BCUT2D eigenvalue weighted by Gasteiger charge is -2.14. The minimum absolute atomic E-state index is 0.593. The zero-order valence-corrected chi connectivity index (χ0v) is 16.9. The van der Waals surface area contributed by atoms with Crippen molar-refractivity contribution in [2.45, 2.75) is 0 Å². The summed E-state index contributed by atoms with van der Waals surface area (Å²) in [7, 11) is 3.19. The van der Waals surface area contributed by atoms with E-state index in [4.69, 9.17) is 19.2 Å². The topological polar surface area (TPSA) is 79.3 Å². The van der Waals surface area contributed by atoms with Crippen LogP contribution < -0.4 is 14.2 Å². The Bertz CT molecular complexity index is 1390. The van der Waals surface area contributed by atoms with Crippen LogP contribution >= 0.6 is 0 Å². The normalized spacial score (nSPS) is 10.9. The van der Waals surface area contributed by atoms with Crippen molar-refractivity contribution in [3.8, 4) is 34.3 Å². The Kier molecular flexibility index (Phi) is 4.76. The lowest BCUT2D eigenvalue weighted by Crippen LogP contribution is -1.96. The number of benzene rings is 1. The molecule has 152 valence electrons. The fraction of sp³-hybridized carbons (Fsp3) is 0.0833. The van der Waals surface area contributed by atoms with E-state index in [1.165, 1.54) is 0 Å². The first-order valence-electron chi connectivity index (χ1n) is 9.61. The van der Waals surface area contributed by atoms with Gasteiger partial charge in [-0.3, -0.25) is 9.97 Å². The number of aromatic nitrogens is 4. The van der Waals surface area contributed by atoms with E-state index in [1.54, 1.807) is 39.0 Å². The van der Waals surface area contributed by atoms with E-state index in [2.05, 4.69) is 15.0 Å². The summed E-state index contributed by atoms with van der Waals surface area (Å²) in [6.07, 6.45) is 6.89. The van der Waals surface area contributed by atoms with Crippen LogP contribution in [0.4, 0.5) is 0 Å². The molecule has 0 aliphatic heterocycles. The summed E-state index contributed by atoms with van der Waals surface area (Å²) in [5, 5.41) is 1.67. The van der Waals surface area contributed by atoms with Crippen molar-refractivity contribution < 1.29 is 14.2 Å². The van der Waals surface area contributed by atoms with Gasteiger partial charge in [-0.15, -0.1) is 0 Å². The van der Waals surface area contributed by atoms with Crippen molar-refractivity contribution in [1.82, 2.24) is 19.9 Å². The van der Waals surface area contributed by atoms with Crippen LogP contribution in [0.3, 0.4) is 0 Å². The third-order valence-corrected chi connectivity index (χ3v) is 4.92. The van der Waals surface area contributed by atoms with E-state index in [0.29, 0.717) is 34.3 Å². The zero-order chi connectivity index (χ0) is 21.2. The molecular weight excluding hydrogens is 392 g/mol. The summed E-state index contributed by atoms with van der Waals surface area (Å²) in [5.74, 6) is 2.42. The minimum Gasteiger partial charge on any atom is -0.493 e. The van der Waals surface area contributed by atoms with Crippen molar-refractivity contribution in [3.63, 3.8) is 0 Å². The van der Waals surface area contributed by atoms with Gasteiger partial charge in [0.1, 0.15) is 11.4 Å². The molecule has 0 amide bonds. The first kappa shape index (κ1) is 18.7. The number of rotatable bonds is 5. The van der Waals surface area contributed by atoms with Crippen LogP contribution in [0.15, 0.2) is 73.3 Å². The molecule has 1 aromatic carbocycles. The van der Waals surface area contributed by atoms with E-state index in [-0.39, 0.29) is 0 Å². The predicted molar refractivity (Wildman–Crippen MR) is 118 cm³/mol. The molecule has 5 aromatic rings. The van der Waals surface area contributed by atoms with E-state index in [1.807, 2.05) is 48.5 Å². The Morgan fingerprint density at radius 3 is 2.39 bits per heavy atom. The van der Waals surface area contributed by atoms with Crippen molar-refractivity contribution >= 4 is 21.9 Å². The third kappa shape index (κ3) is 3.46. The zero-order valence-electron chi connectivity index (χ0n) is 16.9. The molecule has 0 radical (unpaired) electrons. The van der Waals surface area contributed by atoms with Gasteiger partial charge < -0.3 is 14.2 Å². The van der Waals surface area contributed by atoms with Gasteiger partial charge in [0.2, 0.25) is 0 Å². The van der Waals surface area contributed by atoms with Gasteiger partial charge in [-0.1, -0.05) is 0 Å². The van der Waals surface area contributed by atoms with Crippen LogP contribution in [0, 0.1) is 0 Å². The van der Waals surface area contributed by atoms with Crippen LogP contribution in [0.1, 0.15) is 0 Å². The maximum atomic E-state index is 6.40. The van der Waals surface area contributed by atoms with Gasteiger partial charge in [-0.25, -0.2) is 9.97 Å². The molecule has 0 aliphatic rings. The summed E-state index contributed by atoms with van der Waals surface area (Å²) in [6.45, 7) is 0. The highest BCUT2D eigenvalue weighted by molar-refractivity contribution is 5.89. The second-order valence-electron chi connectivity index (χ2n) is 6.76. The molecule has 0 aliphatic carbocycles. The first-order chi connectivity index (χ1) is 15.3. The number of fused-ring (bicyclic) bond motifs is 2. The van der Waals surface area contributed by atoms with E-state index >= 15 is 0 Å². The van der Waals surface area contributed by atoms with Gasteiger partial charge in [-0.2, -0.15) is 0 Å². The number of ether oxygens (including phenoxy) is 3. The van der Waals surface area contributed by atoms with E-state index in [9.17, 15) is 0 Å². The largest absolute Gasteiger partial charge is 0.493 e. The average Bonchev–Trinajstić information content (AvgIpc) is 2.83. The van der Waals surface area contributed by atoms with Crippen molar-refractivity contribution in [3.05, 3.63) is 73.3 Å². The molecule has 0 N–H and O–H groups in total. The van der Waals surface area contributed by atoms with Gasteiger partial charge in [0.15, 0.2) is 22.9 Å². The van der Waals surface area contributed by atoms with Crippen molar-refractivity contribution in [2.75, 3.05) is 14.2 Å². The standard InChI is InChI=1S/C24H18N4O3/c1-29-20-12-17-18(13-21(20)30-2)26-10-7-19(17)31-22-11-15-5-4-9-27-24(15)28-23(22)16-6-3-8-25-14-16/h3-14H,1-2H3. The summed E-state index contributed by atoms with van der Waals surface area (Å²) in [5.41, 5.74) is 2.86. The van der Waals surface area contributed by atoms with Gasteiger partial charge >= 0.3 is 0 Å². The second kappa shape index (κ2) is 7.87. The highest BCUT2D eigenvalue weighted by Crippen LogP contribution is 2.39. The molecule has 5 rings (SSSR count). The van der Waals surface area contributed by atoms with Crippen LogP contribution in [0.5, 0.6) is 23.0 Å². The van der Waals surface area contributed by atoms with Gasteiger partial charge in [0.25, 0.3) is 0 Å². The van der Waals surface area contributed by atoms with Crippen LogP contribution in [0.25, 0.3) is 33.2 Å². The highest BCUT2D eigenvalue weighted by atomic mass is 16.5. The first-order valence-corrected chi connectivity index (χ1v) is 9.61. The second-order valence-corrected chi connectivity index (χ2v) is 6.76. The molecule has 0 saturated heterocycles. The maximum absolute atomic E-state index is 6.40. The van der Waals surface area contributed by atoms with Crippen LogP contribution in [-0.4, -0.2) is 34.2 Å². The lowest BCUT2D eigenvalue weighted by molar-refractivity contribution is 0.355. The van der Waals surface area contributed by atoms with Crippen LogP contribution in [-0.2, 0) is 0 Å². The Labute approximate surface area is 178 Å². The highest BCUT2D eigenvalue weighted by Gasteiger charge is 2.16.